The number of benzene rings is 1. The second-order valence-electron chi connectivity index (χ2n) is 7.61. The summed E-state index contributed by atoms with van der Waals surface area (Å²) < 4.78 is 11.3. The van der Waals surface area contributed by atoms with Crippen molar-refractivity contribution >= 4 is 11.9 Å². The monoisotopic (exact) mass is 375 g/mol. The number of carbonyl (C=O) groups excluding carboxylic acids is 1. The van der Waals surface area contributed by atoms with Crippen LogP contribution < -0.4 is 5.32 Å². The number of rotatable bonds is 7. The molecule has 1 aromatic rings. The van der Waals surface area contributed by atoms with Gasteiger partial charge in [-0.15, -0.1) is 0 Å². The van der Waals surface area contributed by atoms with Crippen LogP contribution in [0, 0.1) is 5.41 Å². The van der Waals surface area contributed by atoms with Crippen LogP contribution >= 0.6 is 0 Å². The Morgan fingerprint density at radius 2 is 1.85 bits per heavy atom. The molecule has 1 saturated heterocycles. The van der Waals surface area contributed by atoms with Gasteiger partial charge in [0, 0.05) is 25.3 Å². The predicted octanol–water partition coefficient (Wildman–Crippen LogP) is 3.15. The molecule has 0 atom stereocenters. The van der Waals surface area contributed by atoms with Gasteiger partial charge in [0.2, 0.25) is 0 Å². The highest BCUT2D eigenvalue weighted by Crippen LogP contribution is 2.36. The van der Waals surface area contributed by atoms with Crippen molar-refractivity contribution in [2.75, 3.05) is 19.8 Å². The van der Waals surface area contributed by atoms with Gasteiger partial charge in [0.15, 0.2) is 0 Å². The Kier molecular flexibility index (Phi) is 6.85. The van der Waals surface area contributed by atoms with Crippen LogP contribution in [0.15, 0.2) is 24.3 Å². The van der Waals surface area contributed by atoms with Gasteiger partial charge >= 0.3 is 5.97 Å². The Morgan fingerprint density at radius 3 is 2.56 bits per heavy atom. The number of amides is 1. The average molecular weight is 375 g/mol. The fourth-order valence-corrected chi connectivity index (χ4v) is 3.96. The molecule has 6 heteroatoms. The molecule has 2 N–H and O–H groups in total. The normalized spacial score (nSPS) is 20.1. The van der Waals surface area contributed by atoms with E-state index >= 15 is 0 Å². The number of nitrogens with one attached hydrogen (secondary N) is 1. The topological polar surface area (TPSA) is 84.9 Å². The van der Waals surface area contributed by atoms with Crippen molar-refractivity contribution in [3.05, 3.63) is 35.4 Å². The fourth-order valence-electron chi connectivity index (χ4n) is 3.96. The van der Waals surface area contributed by atoms with Gasteiger partial charge in [0.25, 0.3) is 5.91 Å². The van der Waals surface area contributed by atoms with E-state index < -0.39 is 11.4 Å². The summed E-state index contributed by atoms with van der Waals surface area (Å²) in [5.74, 6) is -1.04. The van der Waals surface area contributed by atoms with E-state index in [1.807, 2.05) is 18.2 Å². The van der Waals surface area contributed by atoms with E-state index in [0.717, 1.165) is 37.7 Å². The number of carbonyl (C=O) groups is 2. The minimum atomic E-state index is -0.832. The standard InChI is InChI=1S/C21H29NO5/c23-19(22-15-21(20(24)25)10-4-1-5-11-21)18-7-3-2-6-16(18)14-27-17-8-12-26-13-9-17/h2-3,6-7,17H,1,4-5,8-15H2,(H,22,23)(H,24,25). The van der Waals surface area contributed by atoms with E-state index in [1.165, 1.54) is 0 Å². The zero-order valence-electron chi connectivity index (χ0n) is 15.7. The minimum absolute atomic E-state index is 0.160. The zero-order chi connectivity index (χ0) is 19.1. The molecular weight excluding hydrogens is 346 g/mol. The van der Waals surface area contributed by atoms with Gasteiger partial charge in [-0.2, -0.15) is 0 Å². The molecule has 0 radical (unpaired) electrons. The summed E-state index contributed by atoms with van der Waals surface area (Å²) in [4.78, 5) is 24.5. The van der Waals surface area contributed by atoms with Crippen molar-refractivity contribution in [3.8, 4) is 0 Å². The maximum Gasteiger partial charge on any atom is 0.311 e. The smallest absolute Gasteiger partial charge is 0.311 e. The van der Waals surface area contributed by atoms with Gasteiger partial charge in [0.1, 0.15) is 0 Å². The second-order valence-corrected chi connectivity index (χ2v) is 7.61. The molecule has 2 aliphatic rings. The number of hydrogen-bond donors (Lipinski definition) is 2. The van der Waals surface area contributed by atoms with Crippen LogP contribution in [-0.2, 0) is 20.9 Å². The molecule has 1 aliphatic carbocycles. The summed E-state index contributed by atoms with van der Waals surface area (Å²) in [5, 5.41) is 12.5. The van der Waals surface area contributed by atoms with Crippen LogP contribution in [0.2, 0.25) is 0 Å². The van der Waals surface area contributed by atoms with Crippen LogP contribution in [0.1, 0.15) is 60.9 Å². The van der Waals surface area contributed by atoms with Gasteiger partial charge in [-0.05, 0) is 37.3 Å². The highest BCUT2D eigenvalue weighted by molar-refractivity contribution is 5.96. The van der Waals surface area contributed by atoms with Crippen LogP contribution in [-0.4, -0.2) is 42.8 Å². The van der Waals surface area contributed by atoms with E-state index in [1.54, 1.807) is 6.07 Å². The number of ether oxygens (including phenoxy) is 2. The first-order valence-corrected chi connectivity index (χ1v) is 9.90. The molecule has 0 bridgehead atoms. The molecule has 0 spiro atoms. The molecule has 1 heterocycles. The quantitative estimate of drug-likeness (QED) is 0.765. The molecule has 0 unspecified atom stereocenters. The third kappa shape index (κ3) is 5.08. The number of hydrogen-bond acceptors (Lipinski definition) is 4. The van der Waals surface area contributed by atoms with Gasteiger partial charge < -0.3 is 19.9 Å². The van der Waals surface area contributed by atoms with E-state index in [9.17, 15) is 14.7 Å². The van der Waals surface area contributed by atoms with Gasteiger partial charge in [-0.3, -0.25) is 9.59 Å². The molecule has 1 aliphatic heterocycles. The van der Waals surface area contributed by atoms with E-state index in [-0.39, 0.29) is 18.6 Å². The first-order chi connectivity index (χ1) is 13.1. The van der Waals surface area contributed by atoms with Crippen molar-refractivity contribution in [3.63, 3.8) is 0 Å². The maximum atomic E-state index is 12.7. The highest BCUT2D eigenvalue weighted by Gasteiger charge is 2.39. The number of carboxylic acids is 1. The van der Waals surface area contributed by atoms with E-state index in [2.05, 4.69) is 5.32 Å². The fraction of sp³-hybridized carbons (Fsp3) is 0.619. The van der Waals surface area contributed by atoms with Crippen molar-refractivity contribution < 1.29 is 24.2 Å². The first-order valence-electron chi connectivity index (χ1n) is 9.90. The lowest BCUT2D eigenvalue weighted by Crippen LogP contribution is -2.44. The van der Waals surface area contributed by atoms with E-state index in [4.69, 9.17) is 9.47 Å². The Balaban J connectivity index is 1.61. The number of carboxylic acid groups (broad SMARTS) is 1. The summed E-state index contributed by atoms with van der Waals surface area (Å²) in [7, 11) is 0. The Labute approximate surface area is 160 Å². The SMILES string of the molecule is O=C(NCC1(C(=O)O)CCCCC1)c1ccccc1COC1CCOCC1. The van der Waals surface area contributed by atoms with Crippen LogP contribution in [0.3, 0.4) is 0 Å². The van der Waals surface area contributed by atoms with E-state index in [0.29, 0.717) is 38.2 Å². The largest absolute Gasteiger partial charge is 0.481 e. The molecule has 3 rings (SSSR count). The summed E-state index contributed by atoms with van der Waals surface area (Å²) in [6, 6.07) is 7.37. The maximum absolute atomic E-state index is 12.7. The average Bonchev–Trinajstić information content (AvgIpc) is 2.72. The van der Waals surface area contributed by atoms with Crippen molar-refractivity contribution in [1.29, 1.82) is 0 Å². The number of aliphatic carboxylic acids is 1. The summed E-state index contributed by atoms with van der Waals surface area (Å²) in [6.45, 7) is 1.97. The van der Waals surface area contributed by atoms with Gasteiger partial charge in [-0.25, -0.2) is 0 Å². The molecule has 1 amide bonds. The van der Waals surface area contributed by atoms with Gasteiger partial charge in [0.05, 0.1) is 18.1 Å². The molecule has 1 aromatic carbocycles. The Bertz CT molecular complexity index is 648. The lowest BCUT2D eigenvalue weighted by Gasteiger charge is -2.33. The summed E-state index contributed by atoms with van der Waals surface area (Å²) in [6.07, 6.45) is 6.01. The van der Waals surface area contributed by atoms with Crippen molar-refractivity contribution in [1.82, 2.24) is 5.32 Å². The molecule has 148 valence electrons. The van der Waals surface area contributed by atoms with Crippen LogP contribution in [0.5, 0.6) is 0 Å². The molecule has 27 heavy (non-hydrogen) atoms. The van der Waals surface area contributed by atoms with Crippen molar-refractivity contribution in [2.45, 2.75) is 57.7 Å². The highest BCUT2D eigenvalue weighted by atomic mass is 16.5. The third-order valence-electron chi connectivity index (χ3n) is 5.76. The Hall–Kier alpha value is -1.92. The second kappa shape index (κ2) is 9.33. The predicted molar refractivity (Wildman–Crippen MR) is 101 cm³/mol. The lowest BCUT2D eigenvalue weighted by molar-refractivity contribution is -0.150. The molecule has 6 nitrogen and oxygen atoms in total. The first kappa shape index (κ1) is 19.8. The van der Waals surface area contributed by atoms with Crippen LogP contribution in [0.4, 0.5) is 0 Å². The van der Waals surface area contributed by atoms with Crippen molar-refractivity contribution in [2.24, 2.45) is 5.41 Å². The molecule has 2 fully saturated rings. The Morgan fingerprint density at radius 1 is 1.15 bits per heavy atom. The summed E-state index contributed by atoms with van der Waals surface area (Å²) in [5.41, 5.74) is 0.553. The summed E-state index contributed by atoms with van der Waals surface area (Å²) >= 11 is 0. The van der Waals surface area contributed by atoms with Crippen LogP contribution in [0.25, 0.3) is 0 Å². The molecular formula is C21H29NO5. The molecule has 0 aromatic heterocycles. The minimum Gasteiger partial charge on any atom is -0.481 e. The lowest BCUT2D eigenvalue weighted by atomic mass is 9.74. The zero-order valence-corrected chi connectivity index (χ0v) is 15.7. The third-order valence-corrected chi connectivity index (χ3v) is 5.76. The molecule has 1 saturated carbocycles. The van der Waals surface area contributed by atoms with Gasteiger partial charge in [-0.1, -0.05) is 37.5 Å².